The molecule has 0 radical (unpaired) electrons. The monoisotopic (exact) mass is 317 g/mol. The van der Waals surface area contributed by atoms with E-state index in [0.29, 0.717) is 12.0 Å². The third kappa shape index (κ3) is 4.79. The molecule has 2 rings (SSSR count). The van der Waals surface area contributed by atoms with E-state index < -0.39 is 0 Å². The molecular weight excluding hydrogens is 286 g/mol. The van der Waals surface area contributed by atoms with Crippen LogP contribution in [0.4, 0.5) is 0 Å². The molecule has 0 saturated carbocycles. The number of hydrogen-bond donors (Lipinski definition) is 1. The highest BCUT2D eigenvalue weighted by molar-refractivity contribution is 5.94. The number of benzene rings is 1. The normalized spacial score (nSPS) is 18.2. The third-order valence-corrected chi connectivity index (χ3v) is 4.79. The molecule has 1 amide bonds. The van der Waals surface area contributed by atoms with Crippen LogP contribution in [0.2, 0.25) is 0 Å². The van der Waals surface area contributed by atoms with E-state index in [4.69, 9.17) is 0 Å². The van der Waals surface area contributed by atoms with Gasteiger partial charge in [0, 0.05) is 31.2 Å². The second-order valence-electron chi connectivity index (χ2n) is 6.82. The van der Waals surface area contributed by atoms with Crippen molar-refractivity contribution in [3.63, 3.8) is 0 Å². The summed E-state index contributed by atoms with van der Waals surface area (Å²) < 4.78 is 0. The molecule has 0 aliphatic carbocycles. The van der Waals surface area contributed by atoms with E-state index in [9.17, 15) is 4.79 Å². The molecule has 1 aromatic rings. The molecule has 0 bridgehead atoms. The van der Waals surface area contributed by atoms with Crippen molar-refractivity contribution in [2.45, 2.75) is 39.8 Å². The summed E-state index contributed by atoms with van der Waals surface area (Å²) in [5, 5.41) is 3.21. The fourth-order valence-electron chi connectivity index (χ4n) is 3.30. The van der Waals surface area contributed by atoms with Crippen molar-refractivity contribution >= 4 is 5.91 Å². The lowest BCUT2D eigenvalue weighted by molar-refractivity contribution is 0.0787. The highest BCUT2D eigenvalue weighted by Gasteiger charge is 2.26. The van der Waals surface area contributed by atoms with Gasteiger partial charge in [-0.05, 0) is 64.0 Å². The van der Waals surface area contributed by atoms with E-state index in [1.165, 1.54) is 5.56 Å². The molecule has 1 fully saturated rings. The van der Waals surface area contributed by atoms with Gasteiger partial charge in [-0.2, -0.15) is 0 Å². The van der Waals surface area contributed by atoms with E-state index in [0.717, 1.165) is 44.7 Å². The number of likely N-dealkylation sites (tertiary alicyclic amines) is 1. The zero-order chi connectivity index (χ0) is 16.8. The van der Waals surface area contributed by atoms with Gasteiger partial charge in [0.15, 0.2) is 0 Å². The topological polar surface area (TPSA) is 35.6 Å². The Balaban J connectivity index is 1.95. The number of nitrogens with one attached hydrogen (secondary N) is 1. The smallest absolute Gasteiger partial charge is 0.253 e. The van der Waals surface area contributed by atoms with Crippen molar-refractivity contribution in [3.05, 3.63) is 35.4 Å². The molecule has 23 heavy (non-hydrogen) atoms. The molecule has 1 aliphatic heterocycles. The first-order valence-corrected chi connectivity index (χ1v) is 8.82. The number of carbonyl (C=O) groups is 1. The van der Waals surface area contributed by atoms with Gasteiger partial charge >= 0.3 is 0 Å². The zero-order valence-electron chi connectivity index (χ0n) is 15.0. The molecular formula is C19H31N3O. The largest absolute Gasteiger partial charge is 0.338 e. The van der Waals surface area contributed by atoms with Crippen molar-refractivity contribution in [3.8, 4) is 0 Å². The van der Waals surface area contributed by atoms with Crippen molar-refractivity contribution in [2.75, 3.05) is 33.2 Å². The van der Waals surface area contributed by atoms with Crippen LogP contribution in [0.5, 0.6) is 0 Å². The SMILES string of the molecule is CCN(Cc1ccc(C(=O)N2CCC(CNC)C2)cc1)C(C)C. The summed E-state index contributed by atoms with van der Waals surface area (Å²) in [4.78, 5) is 17.0. The molecule has 1 atom stereocenters. The molecule has 1 heterocycles. The number of hydrogen-bond acceptors (Lipinski definition) is 3. The minimum atomic E-state index is 0.173. The van der Waals surface area contributed by atoms with Crippen molar-refractivity contribution in [1.29, 1.82) is 0 Å². The highest BCUT2D eigenvalue weighted by atomic mass is 16.2. The predicted octanol–water partition coefficient (Wildman–Crippen LogP) is 2.60. The van der Waals surface area contributed by atoms with Crippen LogP contribution in [0.1, 0.15) is 43.1 Å². The van der Waals surface area contributed by atoms with Gasteiger partial charge in [-0.1, -0.05) is 19.1 Å². The standard InChI is InChI=1S/C19H31N3O/c1-5-21(15(2)3)13-16-6-8-18(9-7-16)19(23)22-11-10-17(14-22)12-20-4/h6-9,15,17,20H,5,10-14H2,1-4H3. The molecule has 1 aromatic carbocycles. The summed E-state index contributed by atoms with van der Waals surface area (Å²) in [6, 6.07) is 8.70. The second-order valence-corrected chi connectivity index (χ2v) is 6.82. The molecule has 4 heteroatoms. The number of nitrogens with zero attached hydrogens (tertiary/aromatic N) is 2. The van der Waals surface area contributed by atoms with Gasteiger partial charge in [0.1, 0.15) is 0 Å². The first-order valence-electron chi connectivity index (χ1n) is 8.82. The summed E-state index contributed by atoms with van der Waals surface area (Å²) >= 11 is 0. The Morgan fingerprint density at radius 2 is 2.04 bits per heavy atom. The molecule has 4 nitrogen and oxygen atoms in total. The minimum absolute atomic E-state index is 0.173. The van der Waals surface area contributed by atoms with Crippen molar-refractivity contribution in [2.24, 2.45) is 5.92 Å². The summed E-state index contributed by atoms with van der Waals surface area (Å²) in [5.74, 6) is 0.763. The highest BCUT2D eigenvalue weighted by Crippen LogP contribution is 2.19. The summed E-state index contributed by atoms with van der Waals surface area (Å²) in [5.41, 5.74) is 2.08. The maximum absolute atomic E-state index is 12.6. The molecule has 0 aromatic heterocycles. The van der Waals surface area contributed by atoms with Crippen molar-refractivity contribution < 1.29 is 4.79 Å². The van der Waals surface area contributed by atoms with Crippen LogP contribution < -0.4 is 5.32 Å². The van der Waals surface area contributed by atoms with E-state index in [1.807, 2.05) is 24.1 Å². The predicted molar refractivity (Wildman–Crippen MR) is 95.6 cm³/mol. The van der Waals surface area contributed by atoms with Gasteiger partial charge in [-0.25, -0.2) is 0 Å². The molecule has 1 N–H and O–H groups in total. The van der Waals surface area contributed by atoms with Crippen LogP contribution in [0.15, 0.2) is 24.3 Å². The van der Waals surface area contributed by atoms with Gasteiger partial charge in [-0.3, -0.25) is 9.69 Å². The summed E-state index contributed by atoms with van der Waals surface area (Å²) in [6.45, 7) is 11.3. The van der Waals surface area contributed by atoms with Crippen LogP contribution in [0.3, 0.4) is 0 Å². The second kappa shape index (κ2) is 8.46. The number of amides is 1. The quantitative estimate of drug-likeness (QED) is 0.839. The maximum Gasteiger partial charge on any atom is 0.253 e. The van der Waals surface area contributed by atoms with E-state index in [1.54, 1.807) is 0 Å². The van der Waals surface area contributed by atoms with Crippen LogP contribution in [0.25, 0.3) is 0 Å². The Kier molecular flexibility index (Phi) is 6.60. The Bertz CT molecular complexity index is 498. The maximum atomic E-state index is 12.6. The lowest BCUT2D eigenvalue weighted by Gasteiger charge is -2.24. The minimum Gasteiger partial charge on any atom is -0.338 e. The average Bonchev–Trinajstić information content (AvgIpc) is 3.01. The Hall–Kier alpha value is -1.39. The summed E-state index contributed by atoms with van der Waals surface area (Å²) in [6.07, 6.45) is 1.10. The fourth-order valence-corrected chi connectivity index (χ4v) is 3.30. The Labute approximate surface area is 140 Å². The molecule has 1 aliphatic rings. The molecule has 0 spiro atoms. The Morgan fingerprint density at radius 3 is 2.61 bits per heavy atom. The molecule has 128 valence electrons. The van der Waals surface area contributed by atoms with Gasteiger partial charge in [0.05, 0.1) is 0 Å². The van der Waals surface area contributed by atoms with Gasteiger partial charge < -0.3 is 10.2 Å². The van der Waals surface area contributed by atoms with E-state index in [2.05, 4.69) is 43.1 Å². The van der Waals surface area contributed by atoms with Gasteiger partial charge in [0.25, 0.3) is 5.91 Å². The number of carbonyl (C=O) groups excluding carboxylic acids is 1. The van der Waals surface area contributed by atoms with Crippen LogP contribution in [-0.4, -0.2) is 55.0 Å². The van der Waals surface area contributed by atoms with Crippen LogP contribution in [-0.2, 0) is 6.54 Å². The van der Waals surface area contributed by atoms with Crippen molar-refractivity contribution in [1.82, 2.24) is 15.1 Å². The van der Waals surface area contributed by atoms with E-state index in [-0.39, 0.29) is 5.91 Å². The molecule has 1 saturated heterocycles. The zero-order valence-corrected chi connectivity index (χ0v) is 15.0. The van der Waals surface area contributed by atoms with Gasteiger partial charge in [-0.15, -0.1) is 0 Å². The number of rotatable bonds is 7. The summed E-state index contributed by atoms with van der Waals surface area (Å²) in [7, 11) is 1.97. The third-order valence-electron chi connectivity index (χ3n) is 4.79. The van der Waals surface area contributed by atoms with E-state index >= 15 is 0 Å². The lowest BCUT2D eigenvalue weighted by atomic mass is 10.1. The van der Waals surface area contributed by atoms with Crippen LogP contribution >= 0.6 is 0 Å². The average molecular weight is 317 g/mol. The van der Waals surface area contributed by atoms with Gasteiger partial charge in [0.2, 0.25) is 0 Å². The fraction of sp³-hybridized carbons (Fsp3) is 0.632. The first kappa shape index (κ1) is 18.0. The van der Waals surface area contributed by atoms with Crippen LogP contribution in [0, 0.1) is 5.92 Å². The first-order chi connectivity index (χ1) is 11.0. The lowest BCUT2D eigenvalue weighted by Crippen LogP contribution is -2.31. The molecule has 1 unspecified atom stereocenters. The Morgan fingerprint density at radius 1 is 1.35 bits per heavy atom.